The molecule has 5 aliphatic heterocycles. The third-order valence-corrected chi connectivity index (χ3v) is 9.70. The maximum atomic E-state index is 14.2. The summed E-state index contributed by atoms with van der Waals surface area (Å²) in [6.45, 7) is 8.41. The lowest BCUT2D eigenvalue weighted by Crippen LogP contribution is -2.80. The van der Waals surface area contributed by atoms with Crippen LogP contribution in [0, 0.1) is 22.7 Å². The van der Waals surface area contributed by atoms with Gasteiger partial charge in [0.2, 0.25) is 11.4 Å². The number of hydrogen-bond donors (Lipinski definition) is 0. The molecule has 10 nitrogen and oxygen atoms in total. The Balaban J connectivity index is 1.68. The molecular formula is C27H30O10. The van der Waals surface area contributed by atoms with Crippen molar-refractivity contribution in [2.24, 2.45) is 22.7 Å². The Morgan fingerprint density at radius 2 is 1.81 bits per heavy atom. The van der Waals surface area contributed by atoms with E-state index in [0.29, 0.717) is 0 Å². The van der Waals surface area contributed by atoms with Gasteiger partial charge in [-0.3, -0.25) is 14.4 Å². The fourth-order valence-electron chi connectivity index (χ4n) is 7.89. The smallest absolute Gasteiger partial charge is 0.342 e. The first-order valence-electron chi connectivity index (χ1n) is 12.4. The van der Waals surface area contributed by atoms with Crippen molar-refractivity contribution in [3.63, 3.8) is 0 Å². The molecular weight excluding hydrogens is 484 g/mol. The van der Waals surface area contributed by atoms with Crippen LogP contribution in [0.4, 0.5) is 0 Å². The predicted molar refractivity (Wildman–Crippen MR) is 123 cm³/mol. The monoisotopic (exact) mass is 514 g/mol. The molecule has 0 radical (unpaired) electrons. The molecule has 6 heterocycles. The summed E-state index contributed by atoms with van der Waals surface area (Å²) in [4.78, 5) is 54.8. The molecule has 10 heteroatoms. The Hall–Kier alpha value is -2.98. The van der Waals surface area contributed by atoms with Crippen molar-refractivity contribution in [1.29, 1.82) is 0 Å². The van der Waals surface area contributed by atoms with Crippen molar-refractivity contribution >= 4 is 23.7 Å². The second-order valence-corrected chi connectivity index (χ2v) is 11.8. The first-order chi connectivity index (χ1) is 17.2. The molecule has 198 valence electrons. The molecule has 6 aliphatic rings. The largest absolute Gasteiger partial charge is 0.472 e. The first-order valence-corrected chi connectivity index (χ1v) is 12.4. The van der Waals surface area contributed by atoms with Crippen LogP contribution >= 0.6 is 0 Å². The van der Waals surface area contributed by atoms with Gasteiger partial charge < -0.3 is 28.1 Å². The van der Waals surface area contributed by atoms with E-state index in [1.54, 1.807) is 46.8 Å². The molecule has 4 saturated heterocycles. The summed E-state index contributed by atoms with van der Waals surface area (Å²) in [6.07, 6.45) is 5.32. The van der Waals surface area contributed by atoms with E-state index in [9.17, 15) is 19.2 Å². The minimum Gasteiger partial charge on any atom is -0.472 e. The SMILES string of the molecule is COC(=O)C12OC3(C)OC(=O)C(C)(C3C=CC1(C)C(=O)c1ccoc1)C21CC2C(CC(=O)OC2(C)C)O1. The number of esters is 3. The number of carbonyl (C=O) groups is 4. The predicted octanol–water partition coefficient (Wildman–Crippen LogP) is 2.75. The van der Waals surface area contributed by atoms with Gasteiger partial charge >= 0.3 is 17.9 Å². The molecule has 8 atom stereocenters. The molecule has 4 bridgehead atoms. The minimum absolute atomic E-state index is 0.0695. The number of ketones is 1. The first kappa shape index (κ1) is 24.4. The maximum absolute atomic E-state index is 14.2. The van der Waals surface area contributed by atoms with Crippen LogP contribution < -0.4 is 0 Å². The summed E-state index contributed by atoms with van der Waals surface area (Å²) in [5.41, 5.74) is -7.85. The van der Waals surface area contributed by atoms with E-state index >= 15 is 0 Å². The van der Waals surface area contributed by atoms with Gasteiger partial charge in [-0.1, -0.05) is 12.2 Å². The number of ether oxygens (including phenoxy) is 5. The fourth-order valence-corrected chi connectivity index (χ4v) is 7.89. The maximum Gasteiger partial charge on any atom is 0.342 e. The van der Waals surface area contributed by atoms with E-state index in [2.05, 4.69) is 0 Å². The van der Waals surface area contributed by atoms with E-state index in [1.807, 2.05) is 0 Å². The Bertz CT molecular complexity index is 1260. The normalized spacial score (nSPS) is 46.8. The van der Waals surface area contributed by atoms with Crippen molar-refractivity contribution in [3.8, 4) is 0 Å². The molecule has 0 N–H and O–H groups in total. The minimum atomic E-state index is -2.17. The van der Waals surface area contributed by atoms with Crippen LogP contribution in [0.1, 0.15) is 57.8 Å². The van der Waals surface area contributed by atoms with Crippen molar-refractivity contribution in [3.05, 3.63) is 36.3 Å². The zero-order chi connectivity index (χ0) is 26.8. The number of rotatable bonds is 3. The van der Waals surface area contributed by atoms with Crippen LogP contribution in [0.15, 0.2) is 35.2 Å². The lowest BCUT2D eigenvalue weighted by atomic mass is 9.49. The lowest BCUT2D eigenvalue weighted by Gasteiger charge is -2.60. The Morgan fingerprint density at radius 1 is 1.08 bits per heavy atom. The highest BCUT2D eigenvalue weighted by molar-refractivity contribution is 6.07. The third-order valence-electron chi connectivity index (χ3n) is 9.70. The fraction of sp³-hybridized carbons (Fsp3) is 0.630. The van der Waals surface area contributed by atoms with Crippen LogP contribution in [0.3, 0.4) is 0 Å². The summed E-state index contributed by atoms with van der Waals surface area (Å²) in [6, 6.07) is 1.50. The molecule has 0 saturated carbocycles. The molecule has 1 aromatic heterocycles. The van der Waals surface area contributed by atoms with Gasteiger partial charge in [-0.15, -0.1) is 0 Å². The second kappa shape index (κ2) is 6.91. The van der Waals surface area contributed by atoms with Gasteiger partial charge in [0.05, 0.1) is 42.8 Å². The van der Waals surface area contributed by atoms with Crippen LogP contribution in [-0.2, 0) is 38.1 Å². The summed E-state index contributed by atoms with van der Waals surface area (Å²) >= 11 is 0. The zero-order valence-corrected chi connectivity index (χ0v) is 21.6. The van der Waals surface area contributed by atoms with Crippen molar-refractivity contribution in [1.82, 2.24) is 0 Å². The van der Waals surface area contributed by atoms with E-state index in [0.717, 1.165) is 0 Å². The van der Waals surface area contributed by atoms with Gasteiger partial charge in [-0.2, -0.15) is 0 Å². The molecule has 1 aliphatic carbocycles. The van der Waals surface area contributed by atoms with Crippen LogP contribution in [0.2, 0.25) is 0 Å². The van der Waals surface area contributed by atoms with Gasteiger partial charge in [0.1, 0.15) is 22.9 Å². The van der Waals surface area contributed by atoms with E-state index in [1.165, 1.54) is 25.7 Å². The molecule has 1 spiro atoms. The molecule has 1 aromatic rings. The topological polar surface area (TPSA) is 128 Å². The molecule has 7 rings (SSSR count). The summed E-state index contributed by atoms with van der Waals surface area (Å²) in [5.74, 6) is -5.10. The van der Waals surface area contributed by atoms with Crippen LogP contribution in [0.25, 0.3) is 0 Å². The van der Waals surface area contributed by atoms with Gasteiger partial charge in [0.25, 0.3) is 0 Å². The highest BCUT2D eigenvalue weighted by Gasteiger charge is 2.90. The Morgan fingerprint density at radius 3 is 2.46 bits per heavy atom. The van der Waals surface area contributed by atoms with E-state index < -0.39 is 75.1 Å². The Kier molecular flexibility index (Phi) is 4.55. The van der Waals surface area contributed by atoms with Gasteiger partial charge in [0, 0.05) is 12.8 Å². The number of cyclic esters (lactones) is 1. The lowest BCUT2D eigenvalue weighted by molar-refractivity contribution is -0.357. The van der Waals surface area contributed by atoms with Gasteiger partial charge in [0.15, 0.2) is 5.78 Å². The molecule has 0 amide bonds. The standard InChI is InChI=1S/C27H30O10/c1-22(2)15-12-26(34-16(15)11-18(28)35-22)24(4)17-7-9-23(3,19(29)14-8-10-33-13-14)27(26,21(31)32-6)37-25(17,5)36-20(24)30/h7-10,13,15-17H,11-12H2,1-6H3. The average molecular weight is 515 g/mol. The second-order valence-electron chi connectivity index (χ2n) is 11.8. The zero-order valence-electron chi connectivity index (χ0n) is 21.6. The molecule has 4 fully saturated rings. The number of fused-ring (bicyclic) bond motifs is 2. The quantitative estimate of drug-likeness (QED) is 0.257. The summed E-state index contributed by atoms with van der Waals surface area (Å²) < 4.78 is 35.6. The number of hydrogen-bond acceptors (Lipinski definition) is 10. The van der Waals surface area contributed by atoms with Crippen molar-refractivity contribution < 1.29 is 47.3 Å². The van der Waals surface area contributed by atoms with E-state index in [-0.39, 0.29) is 18.4 Å². The summed E-state index contributed by atoms with van der Waals surface area (Å²) in [5, 5.41) is 0. The van der Waals surface area contributed by atoms with Gasteiger partial charge in [-0.05, 0) is 40.2 Å². The van der Waals surface area contributed by atoms with E-state index in [4.69, 9.17) is 28.1 Å². The average Bonchev–Trinajstić information content (AvgIpc) is 3.49. The molecule has 8 unspecified atom stereocenters. The van der Waals surface area contributed by atoms with Crippen molar-refractivity contribution in [2.45, 2.75) is 76.2 Å². The molecule has 0 aromatic carbocycles. The van der Waals surface area contributed by atoms with Crippen LogP contribution in [0.5, 0.6) is 0 Å². The summed E-state index contributed by atoms with van der Waals surface area (Å²) in [7, 11) is 1.20. The van der Waals surface area contributed by atoms with Crippen molar-refractivity contribution in [2.75, 3.05) is 7.11 Å². The highest BCUT2D eigenvalue weighted by atomic mass is 16.8. The number of methoxy groups -OCH3 is 1. The third kappa shape index (κ3) is 2.49. The number of Topliss-reactive ketones (excluding diaryl/α,β-unsaturated/α-hetero) is 1. The number of carbonyl (C=O) groups excluding carboxylic acids is 4. The number of furan rings is 1. The highest BCUT2D eigenvalue weighted by Crippen LogP contribution is 2.74. The van der Waals surface area contributed by atoms with Gasteiger partial charge in [-0.25, -0.2) is 4.79 Å². The Labute approximate surface area is 213 Å². The molecule has 37 heavy (non-hydrogen) atoms. The van der Waals surface area contributed by atoms with Crippen LogP contribution in [-0.4, -0.2) is 59.5 Å².